The van der Waals surface area contributed by atoms with E-state index in [4.69, 9.17) is 6.92 Å². The largest absolute Gasteiger partial charge is 0.0620 e. The molecule has 58 valence electrons. The molecule has 0 N–H and O–H groups in total. The van der Waals surface area contributed by atoms with E-state index in [2.05, 4.69) is 26.8 Å². The van der Waals surface area contributed by atoms with E-state index in [-0.39, 0.29) is 5.41 Å². The van der Waals surface area contributed by atoms with Crippen LogP contribution in [0.3, 0.4) is 0 Å². The first kappa shape index (κ1) is 8.32. The molecule has 0 aliphatic carbocycles. The lowest BCUT2D eigenvalue weighted by atomic mass is 9.84. The van der Waals surface area contributed by atoms with Crippen LogP contribution in [0, 0.1) is 6.92 Å². The molecule has 2 radical (unpaired) electrons. The summed E-state index contributed by atoms with van der Waals surface area (Å²) in [6, 6.07) is 8.01. The molecule has 11 heavy (non-hydrogen) atoms. The minimum Gasteiger partial charge on any atom is -0.0620 e. The summed E-state index contributed by atoms with van der Waals surface area (Å²) < 4.78 is 0. The highest BCUT2D eigenvalue weighted by molar-refractivity contribution is 5.34. The van der Waals surface area contributed by atoms with Crippen LogP contribution in [0.1, 0.15) is 31.9 Å². The van der Waals surface area contributed by atoms with Gasteiger partial charge in [0.1, 0.15) is 0 Å². The molecule has 0 spiro atoms. The maximum absolute atomic E-state index is 5.81. The Kier molecular flexibility index (Phi) is 2.03. The molecule has 1 aromatic rings. The Hall–Kier alpha value is -0.780. The average molecular weight is 146 g/mol. The van der Waals surface area contributed by atoms with Gasteiger partial charge in [-0.15, -0.1) is 0 Å². The van der Waals surface area contributed by atoms with E-state index < -0.39 is 0 Å². The third-order valence-corrected chi connectivity index (χ3v) is 1.77. The predicted octanol–water partition coefficient (Wildman–Crippen LogP) is 3.04. The standard InChI is InChI=1S/C11H14/c1-9-7-5-6-8-10(9)11(2,3)4/h1,5-8H,2-4H3. The van der Waals surface area contributed by atoms with Gasteiger partial charge >= 0.3 is 0 Å². The maximum atomic E-state index is 5.81. The normalized spacial score (nSPS) is 11.6. The molecule has 0 saturated heterocycles. The molecule has 0 amide bonds. The number of hydrogen-bond acceptors (Lipinski definition) is 0. The van der Waals surface area contributed by atoms with Crippen LogP contribution in [0.5, 0.6) is 0 Å². The molecule has 0 atom stereocenters. The second-order valence-corrected chi connectivity index (χ2v) is 3.84. The van der Waals surface area contributed by atoms with Crippen molar-refractivity contribution in [1.82, 2.24) is 0 Å². The molecule has 0 nitrogen and oxygen atoms in total. The summed E-state index contributed by atoms with van der Waals surface area (Å²) in [5, 5.41) is 0. The highest BCUT2D eigenvalue weighted by Gasteiger charge is 2.14. The van der Waals surface area contributed by atoms with Crippen LogP contribution in [-0.4, -0.2) is 0 Å². The van der Waals surface area contributed by atoms with Crippen molar-refractivity contribution in [2.24, 2.45) is 0 Å². The van der Waals surface area contributed by atoms with Crippen LogP contribution in [-0.2, 0) is 5.41 Å². The van der Waals surface area contributed by atoms with Crippen LogP contribution in [0.15, 0.2) is 24.3 Å². The predicted molar refractivity (Wildman–Crippen MR) is 48.5 cm³/mol. The minimum absolute atomic E-state index is 0.158. The fourth-order valence-electron chi connectivity index (χ4n) is 1.18. The van der Waals surface area contributed by atoms with Crippen LogP contribution >= 0.6 is 0 Å². The van der Waals surface area contributed by atoms with Crippen molar-refractivity contribution >= 4 is 0 Å². The van der Waals surface area contributed by atoms with Gasteiger partial charge in [0.05, 0.1) is 0 Å². The lowest BCUT2D eigenvalue weighted by molar-refractivity contribution is 0.588. The average Bonchev–Trinajstić information content (AvgIpc) is 1.86. The summed E-state index contributed by atoms with van der Waals surface area (Å²) in [6.45, 7) is 12.3. The Morgan fingerprint density at radius 1 is 1.09 bits per heavy atom. The summed E-state index contributed by atoms with van der Waals surface area (Å²) in [7, 11) is 0. The van der Waals surface area contributed by atoms with Crippen LogP contribution < -0.4 is 0 Å². The number of rotatable bonds is 0. The van der Waals surface area contributed by atoms with Crippen molar-refractivity contribution < 1.29 is 0 Å². The fourth-order valence-corrected chi connectivity index (χ4v) is 1.18. The quantitative estimate of drug-likeness (QED) is 0.527. The summed E-state index contributed by atoms with van der Waals surface area (Å²) in [5.74, 6) is 0. The first-order valence-corrected chi connectivity index (χ1v) is 3.87. The lowest BCUT2D eigenvalue weighted by Gasteiger charge is -2.20. The fraction of sp³-hybridized carbons (Fsp3) is 0.364. The molecule has 0 heterocycles. The van der Waals surface area contributed by atoms with E-state index in [0.717, 1.165) is 5.56 Å². The van der Waals surface area contributed by atoms with Gasteiger partial charge in [0.25, 0.3) is 0 Å². The molecular weight excluding hydrogens is 132 g/mol. The summed E-state index contributed by atoms with van der Waals surface area (Å²) in [4.78, 5) is 0. The zero-order valence-corrected chi connectivity index (χ0v) is 7.39. The minimum atomic E-state index is 0.158. The molecule has 0 fully saturated rings. The molecule has 1 aromatic carbocycles. The highest BCUT2D eigenvalue weighted by Crippen LogP contribution is 2.24. The van der Waals surface area contributed by atoms with Gasteiger partial charge in [0.2, 0.25) is 0 Å². The van der Waals surface area contributed by atoms with Gasteiger partial charge in [0.15, 0.2) is 0 Å². The van der Waals surface area contributed by atoms with E-state index in [9.17, 15) is 0 Å². The Balaban J connectivity index is 3.14. The van der Waals surface area contributed by atoms with E-state index >= 15 is 0 Å². The molecule has 0 aliphatic heterocycles. The van der Waals surface area contributed by atoms with Gasteiger partial charge in [-0.05, 0) is 23.5 Å². The molecule has 1 rings (SSSR count). The zero-order valence-electron chi connectivity index (χ0n) is 7.39. The van der Waals surface area contributed by atoms with Gasteiger partial charge in [-0.1, -0.05) is 45.0 Å². The molecule has 0 heteroatoms. The van der Waals surface area contributed by atoms with Crippen LogP contribution in [0.25, 0.3) is 0 Å². The van der Waals surface area contributed by atoms with Gasteiger partial charge in [-0.2, -0.15) is 0 Å². The zero-order chi connectivity index (χ0) is 8.48. The Morgan fingerprint density at radius 2 is 1.64 bits per heavy atom. The monoisotopic (exact) mass is 146 g/mol. The van der Waals surface area contributed by atoms with Crippen molar-refractivity contribution in [1.29, 1.82) is 0 Å². The third kappa shape index (κ3) is 1.83. The molecule has 0 unspecified atom stereocenters. The van der Waals surface area contributed by atoms with Crippen molar-refractivity contribution in [3.63, 3.8) is 0 Å². The van der Waals surface area contributed by atoms with Gasteiger partial charge in [0, 0.05) is 0 Å². The van der Waals surface area contributed by atoms with Crippen molar-refractivity contribution in [3.8, 4) is 0 Å². The van der Waals surface area contributed by atoms with E-state index in [0.29, 0.717) is 0 Å². The number of benzene rings is 1. The van der Waals surface area contributed by atoms with Gasteiger partial charge < -0.3 is 0 Å². The van der Waals surface area contributed by atoms with Crippen molar-refractivity contribution in [3.05, 3.63) is 42.3 Å². The van der Waals surface area contributed by atoms with Gasteiger partial charge in [-0.25, -0.2) is 0 Å². The SMILES string of the molecule is [CH]c1ccccc1C(C)(C)C. The smallest absolute Gasteiger partial charge is 0.000890 e. The Morgan fingerprint density at radius 3 is 2.00 bits per heavy atom. The number of hydrogen-bond donors (Lipinski definition) is 0. The first-order valence-electron chi connectivity index (χ1n) is 3.87. The van der Waals surface area contributed by atoms with E-state index in [1.54, 1.807) is 0 Å². The second-order valence-electron chi connectivity index (χ2n) is 3.84. The highest BCUT2D eigenvalue weighted by atomic mass is 14.2. The molecular formula is C11H14. The van der Waals surface area contributed by atoms with Crippen molar-refractivity contribution in [2.75, 3.05) is 0 Å². The Labute approximate surface area is 69.3 Å². The second kappa shape index (κ2) is 2.69. The molecule has 0 aliphatic rings. The Bertz CT molecular complexity index is 240. The molecule has 0 bridgehead atoms. The van der Waals surface area contributed by atoms with Gasteiger partial charge in [-0.3, -0.25) is 0 Å². The van der Waals surface area contributed by atoms with E-state index in [1.807, 2.05) is 18.2 Å². The maximum Gasteiger partial charge on any atom is -0.000890 e. The van der Waals surface area contributed by atoms with Crippen LogP contribution in [0.2, 0.25) is 0 Å². The molecule has 0 aromatic heterocycles. The summed E-state index contributed by atoms with van der Waals surface area (Å²) >= 11 is 0. The topological polar surface area (TPSA) is 0 Å². The van der Waals surface area contributed by atoms with Crippen molar-refractivity contribution in [2.45, 2.75) is 26.2 Å². The van der Waals surface area contributed by atoms with Crippen LogP contribution in [0.4, 0.5) is 0 Å². The third-order valence-electron chi connectivity index (χ3n) is 1.77. The first-order chi connectivity index (χ1) is 5.02. The van der Waals surface area contributed by atoms with E-state index in [1.165, 1.54) is 5.56 Å². The molecule has 0 saturated carbocycles. The lowest BCUT2D eigenvalue weighted by Crippen LogP contribution is -2.12. The summed E-state index contributed by atoms with van der Waals surface area (Å²) in [5.41, 5.74) is 2.27. The summed E-state index contributed by atoms with van der Waals surface area (Å²) in [6.07, 6.45) is 0.